The highest BCUT2D eigenvalue weighted by Crippen LogP contribution is 2.25. The standard InChI is InChI=1S/C19H30N2O5S2/c1-15(2)21-28(25,26)14-17-8-4-3-7-16(17)13-20-19(22)11-12-27(23,24)18-9-5-6-10-18/h3-4,7-8,15,18,21H,5-6,9-14H2,1-2H3,(H,20,22). The quantitative estimate of drug-likeness (QED) is 0.589. The lowest BCUT2D eigenvalue weighted by atomic mass is 10.1. The largest absolute Gasteiger partial charge is 0.352 e. The molecule has 0 atom stereocenters. The molecule has 1 amide bonds. The molecule has 0 aromatic heterocycles. The molecule has 0 spiro atoms. The van der Waals surface area contributed by atoms with Crippen LogP contribution in [0.25, 0.3) is 0 Å². The Bertz CT molecular complexity index is 873. The molecule has 28 heavy (non-hydrogen) atoms. The van der Waals surface area contributed by atoms with E-state index in [2.05, 4.69) is 10.0 Å². The van der Waals surface area contributed by atoms with Crippen molar-refractivity contribution in [2.45, 2.75) is 69.5 Å². The molecule has 158 valence electrons. The van der Waals surface area contributed by atoms with Gasteiger partial charge in [-0.15, -0.1) is 0 Å². The molecule has 0 saturated heterocycles. The molecule has 1 aliphatic rings. The first-order valence-electron chi connectivity index (χ1n) is 9.64. The zero-order valence-corrected chi connectivity index (χ0v) is 18.1. The Kier molecular flexibility index (Phi) is 8.03. The van der Waals surface area contributed by atoms with Crippen molar-refractivity contribution in [3.8, 4) is 0 Å². The fourth-order valence-electron chi connectivity index (χ4n) is 3.41. The molecule has 7 nitrogen and oxygen atoms in total. The maximum Gasteiger partial charge on any atom is 0.221 e. The fourth-order valence-corrected chi connectivity index (χ4v) is 6.75. The van der Waals surface area contributed by atoms with E-state index in [0.29, 0.717) is 24.0 Å². The molecule has 0 aliphatic heterocycles. The molecule has 0 radical (unpaired) electrons. The first-order valence-corrected chi connectivity index (χ1v) is 13.0. The number of nitrogens with one attached hydrogen (secondary N) is 2. The molecule has 1 fully saturated rings. The van der Waals surface area contributed by atoms with Crippen LogP contribution in [-0.2, 0) is 37.0 Å². The van der Waals surface area contributed by atoms with E-state index in [4.69, 9.17) is 0 Å². The number of benzene rings is 1. The smallest absolute Gasteiger partial charge is 0.221 e. The summed E-state index contributed by atoms with van der Waals surface area (Å²) in [5.74, 6) is -0.662. The molecule has 0 unspecified atom stereocenters. The first kappa shape index (κ1) is 22.8. The van der Waals surface area contributed by atoms with Crippen molar-refractivity contribution >= 4 is 25.8 Å². The molecular formula is C19H30N2O5S2. The highest BCUT2D eigenvalue weighted by Gasteiger charge is 2.28. The summed E-state index contributed by atoms with van der Waals surface area (Å²) >= 11 is 0. The molecule has 9 heteroatoms. The number of sulfonamides is 1. The summed E-state index contributed by atoms with van der Waals surface area (Å²) in [6, 6.07) is 6.80. The minimum Gasteiger partial charge on any atom is -0.352 e. The maximum atomic E-state index is 12.3. The van der Waals surface area contributed by atoms with Crippen molar-refractivity contribution in [2.75, 3.05) is 5.75 Å². The zero-order valence-electron chi connectivity index (χ0n) is 16.5. The Labute approximate surface area is 168 Å². The Balaban J connectivity index is 1.91. The van der Waals surface area contributed by atoms with Crippen molar-refractivity contribution in [1.82, 2.24) is 10.0 Å². The molecule has 1 aromatic carbocycles. The number of hydrogen-bond donors (Lipinski definition) is 2. The van der Waals surface area contributed by atoms with Crippen molar-refractivity contribution in [3.63, 3.8) is 0 Å². The topological polar surface area (TPSA) is 109 Å². The van der Waals surface area contributed by atoms with E-state index in [0.717, 1.165) is 12.8 Å². The number of amides is 1. The van der Waals surface area contributed by atoms with Gasteiger partial charge in [-0.2, -0.15) is 0 Å². The zero-order chi connectivity index (χ0) is 20.8. The highest BCUT2D eigenvalue weighted by atomic mass is 32.2. The Morgan fingerprint density at radius 2 is 1.68 bits per heavy atom. The maximum absolute atomic E-state index is 12.3. The molecule has 1 saturated carbocycles. The third-order valence-corrected chi connectivity index (χ3v) is 8.56. The summed E-state index contributed by atoms with van der Waals surface area (Å²) in [6.07, 6.45) is 3.17. The van der Waals surface area contributed by atoms with Gasteiger partial charge in [0.1, 0.15) is 0 Å². The predicted molar refractivity (Wildman–Crippen MR) is 110 cm³/mol. The van der Waals surface area contributed by atoms with E-state index in [9.17, 15) is 21.6 Å². The summed E-state index contributed by atoms with van der Waals surface area (Å²) in [5.41, 5.74) is 1.30. The van der Waals surface area contributed by atoms with E-state index in [1.807, 2.05) is 0 Å². The van der Waals surface area contributed by atoms with Crippen molar-refractivity contribution in [3.05, 3.63) is 35.4 Å². The van der Waals surface area contributed by atoms with Crippen LogP contribution >= 0.6 is 0 Å². The van der Waals surface area contributed by atoms with Gasteiger partial charge in [-0.25, -0.2) is 21.6 Å². The minimum atomic E-state index is -3.48. The summed E-state index contributed by atoms with van der Waals surface area (Å²) in [7, 11) is -6.71. The summed E-state index contributed by atoms with van der Waals surface area (Å²) in [5, 5.41) is 2.40. The number of carbonyl (C=O) groups is 1. The van der Waals surface area contributed by atoms with Crippen LogP contribution < -0.4 is 10.0 Å². The van der Waals surface area contributed by atoms with Gasteiger partial charge in [-0.05, 0) is 37.8 Å². The predicted octanol–water partition coefficient (Wildman–Crippen LogP) is 1.88. The third-order valence-electron chi connectivity index (χ3n) is 4.78. The van der Waals surface area contributed by atoms with E-state index >= 15 is 0 Å². The number of carbonyl (C=O) groups excluding carboxylic acids is 1. The van der Waals surface area contributed by atoms with Crippen molar-refractivity contribution in [2.24, 2.45) is 0 Å². The molecule has 1 aliphatic carbocycles. The van der Waals surface area contributed by atoms with E-state index in [1.165, 1.54) is 0 Å². The van der Waals surface area contributed by atoms with Gasteiger partial charge in [0.2, 0.25) is 15.9 Å². The lowest BCUT2D eigenvalue weighted by molar-refractivity contribution is -0.120. The Morgan fingerprint density at radius 1 is 1.07 bits per heavy atom. The molecular weight excluding hydrogens is 400 g/mol. The Morgan fingerprint density at radius 3 is 2.29 bits per heavy atom. The third kappa shape index (κ3) is 7.18. The summed E-state index contributed by atoms with van der Waals surface area (Å²) < 4.78 is 51.4. The van der Waals surface area contributed by atoms with Crippen LogP contribution in [0.2, 0.25) is 0 Å². The van der Waals surface area contributed by atoms with E-state index in [1.54, 1.807) is 38.1 Å². The normalized spacial score (nSPS) is 15.8. The lowest BCUT2D eigenvalue weighted by Crippen LogP contribution is -2.32. The number of hydrogen-bond acceptors (Lipinski definition) is 5. The fraction of sp³-hybridized carbons (Fsp3) is 0.632. The monoisotopic (exact) mass is 430 g/mol. The van der Waals surface area contributed by atoms with Crippen LogP contribution in [0.15, 0.2) is 24.3 Å². The molecule has 1 aromatic rings. The van der Waals surface area contributed by atoms with Crippen LogP contribution in [0.5, 0.6) is 0 Å². The van der Waals surface area contributed by atoms with Gasteiger partial charge in [0.25, 0.3) is 0 Å². The second kappa shape index (κ2) is 9.84. The SMILES string of the molecule is CC(C)NS(=O)(=O)Cc1ccccc1CNC(=O)CCS(=O)(=O)C1CCCC1. The first-order chi connectivity index (χ1) is 13.1. The molecule has 0 bridgehead atoms. The van der Waals surface area contributed by atoms with Gasteiger partial charge >= 0.3 is 0 Å². The van der Waals surface area contributed by atoms with Gasteiger partial charge in [0.15, 0.2) is 9.84 Å². The molecule has 2 N–H and O–H groups in total. The van der Waals surface area contributed by atoms with E-state index in [-0.39, 0.29) is 41.7 Å². The molecule has 0 heterocycles. The average Bonchev–Trinajstić information content (AvgIpc) is 3.13. The van der Waals surface area contributed by atoms with Crippen LogP contribution in [0.3, 0.4) is 0 Å². The summed E-state index contributed by atoms with van der Waals surface area (Å²) in [4.78, 5) is 12.1. The van der Waals surface area contributed by atoms with Gasteiger partial charge in [0.05, 0.1) is 16.8 Å². The highest BCUT2D eigenvalue weighted by molar-refractivity contribution is 7.92. The van der Waals surface area contributed by atoms with Gasteiger partial charge < -0.3 is 5.32 Å². The second-order valence-corrected chi connectivity index (χ2v) is 11.8. The van der Waals surface area contributed by atoms with Gasteiger partial charge in [0, 0.05) is 19.0 Å². The van der Waals surface area contributed by atoms with E-state index < -0.39 is 19.9 Å². The van der Waals surface area contributed by atoms with Crippen molar-refractivity contribution < 1.29 is 21.6 Å². The summed E-state index contributed by atoms with van der Waals surface area (Å²) in [6.45, 7) is 3.67. The van der Waals surface area contributed by atoms with Gasteiger partial charge in [-0.3, -0.25) is 4.79 Å². The van der Waals surface area contributed by atoms with Gasteiger partial charge in [-0.1, -0.05) is 37.1 Å². The number of sulfone groups is 1. The lowest BCUT2D eigenvalue weighted by Gasteiger charge is -2.14. The van der Waals surface area contributed by atoms with Crippen LogP contribution in [0.4, 0.5) is 0 Å². The molecule has 2 rings (SSSR count). The van der Waals surface area contributed by atoms with Crippen molar-refractivity contribution in [1.29, 1.82) is 0 Å². The Hall–Kier alpha value is -1.45. The van der Waals surface area contributed by atoms with Crippen LogP contribution in [0.1, 0.15) is 57.1 Å². The van der Waals surface area contributed by atoms with Crippen LogP contribution in [-0.4, -0.2) is 39.8 Å². The second-order valence-electron chi connectivity index (χ2n) is 7.60. The minimum absolute atomic E-state index is 0.0752. The van der Waals surface area contributed by atoms with Crippen LogP contribution in [0, 0.1) is 0 Å². The average molecular weight is 431 g/mol. The number of rotatable bonds is 10.